The molecule has 1 atom stereocenters. The first-order valence-electron chi connectivity index (χ1n) is 12.3. The van der Waals surface area contributed by atoms with E-state index in [-0.39, 0.29) is 28.8 Å². The molecule has 5 rings (SSSR count). The molecule has 3 heterocycles. The van der Waals surface area contributed by atoms with Gasteiger partial charge in [-0.25, -0.2) is 24.3 Å². The Kier molecular flexibility index (Phi) is 8.37. The summed E-state index contributed by atoms with van der Waals surface area (Å²) in [5.41, 5.74) is 1.88. The van der Waals surface area contributed by atoms with Gasteiger partial charge in [0.2, 0.25) is 12.0 Å². The quantitative estimate of drug-likeness (QED) is 0.299. The smallest absolute Gasteiger partial charge is 0.269 e. The Hall–Kier alpha value is -4.61. The number of pyridine rings is 1. The van der Waals surface area contributed by atoms with Crippen LogP contribution < -0.4 is 20.1 Å². The maximum Gasteiger partial charge on any atom is 0.269 e. The average molecular weight is 595 g/mol. The Bertz CT molecular complexity index is 1650. The van der Waals surface area contributed by atoms with Crippen molar-refractivity contribution < 1.29 is 23.5 Å². The topological polar surface area (TPSA) is 128 Å². The SMILES string of the molecule is CCOc1cc(Cl)cc(Cl)c1C1=NC(NC(=O)c2cc(F)cnc2OCc2ccncn2)C(=O)Nc2ccccc21. The zero-order valence-electron chi connectivity index (χ0n) is 21.4. The fourth-order valence-corrected chi connectivity index (χ4v) is 4.62. The molecule has 0 saturated heterocycles. The molecule has 10 nitrogen and oxygen atoms in total. The molecule has 0 saturated carbocycles. The van der Waals surface area contributed by atoms with Crippen LogP contribution in [0.4, 0.5) is 10.1 Å². The summed E-state index contributed by atoms with van der Waals surface area (Å²) in [6, 6.07) is 12.6. The number of halogens is 3. The summed E-state index contributed by atoms with van der Waals surface area (Å²) in [7, 11) is 0. The van der Waals surface area contributed by atoms with Crippen molar-refractivity contribution in [2.24, 2.45) is 4.99 Å². The van der Waals surface area contributed by atoms with Crippen LogP contribution in [0, 0.1) is 5.82 Å². The molecule has 1 aliphatic rings. The van der Waals surface area contributed by atoms with Crippen LogP contribution in [0.2, 0.25) is 10.0 Å². The van der Waals surface area contributed by atoms with E-state index in [9.17, 15) is 14.0 Å². The van der Waals surface area contributed by atoms with E-state index in [2.05, 4.69) is 30.6 Å². The van der Waals surface area contributed by atoms with Gasteiger partial charge in [0.15, 0.2) is 0 Å². The number of ether oxygens (including phenoxy) is 2. The Morgan fingerprint density at radius 1 is 1.12 bits per heavy atom. The van der Waals surface area contributed by atoms with Crippen molar-refractivity contribution in [3.63, 3.8) is 0 Å². The first-order chi connectivity index (χ1) is 19.8. The molecule has 1 aliphatic heterocycles. The fraction of sp³-hybridized carbons (Fsp3) is 0.143. The third kappa shape index (κ3) is 6.26. The van der Waals surface area contributed by atoms with E-state index < -0.39 is 23.8 Å². The van der Waals surface area contributed by atoms with Gasteiger partial charge >= 0.3 is 0 Å². The van der Waals surface area contributed by atoms with Gasteiger partial charge in [-0.15, -0.1) is 0 Å². The van der Waals surface area contributed by atoms with E-state index >= 15 is 0 Å². The van der Waals surface area contributed by atoms with Crippen LogP contribution in [0.1, 0.15) is 34.1 Å². The normalized spacial score (nSPS) is 14.3. The van der Waals surface area contributed by atoms with Gasteiger partial charge in [0.1, 0.15) is 30.1 Å². The maximum atomic E-state index is 14.2. The number of benzodiazepines with no additional fused rings is 1. The molecular weight excluding hydrogens is 574 g/mol. The van der Waals surface area contributed by atoms with Gasteiger partial charge < -0.3 is 20.1 Å². The zero-order valence-corrected chi connectivity index (χ0v) is 22.9. The highest BCUT2D eigenvalue weighted by Gasteiger charge is 2.31. The minimum atomic E-state index is -1.45. The van der Waals surface area contributed by atoms with E-state index in [1.54, 1.807) is 43.3 Å². The lowest BCUT2D eigenvalue weighted by Gasteiger charge is -2.17. The molecule has 41 heavy (non-hydrogen) atoms. The second kappa shape index (κ2) is 12.3. The minimum Gasteiger partial charge on any atom is -0.493 e. The summed E-state index contributed by atoms with van der Waals surface area (Å²) in [6.45, 7) is 2.05. The Morgan fingerprint density at radius 2 is 1.95 bits per heavy atom. The maximum absolute atomic E-state index is 14.2. The number of aliphatic imine (C=N–C) groups is 1. The number of anilines is 1. The lowest BCUT2D eigenvalue weighted by Crippen LogP contribution is -2.42. The molecule has 0 bridgehead atoms. The summed E-state index contributed by atoms with van der Waals surface area (Å²) in [4.78, 5) is 43.1. The first-order valence-corrected chi connectivity index (χ1v) is 13.0. The van der Waals surface area contributed by atoms with Gasteiger partial charge in [0.05, 0.1) is 40.5 Å². The molecule has 2 aromatic heterocycles. The molecule has 4 aromatic rings. The Morgan fingerprint density at radius 3 is 2.73 bits per heavy atom. The predicted octanol–water partition coefficient (Wildman–Crippen LogP) is 4.84. The summed E-state index contributed by atoms with van der Waals surface area (Å²) < 4.78 is 25.6. The van der Waals surface area contributed by atoms with Gasteiger partial charge in [-0.2, -0.15) is 0 Å². The van der Waals surface area contributed by atoms with Crippen LogP contribution in [0.15, 0.2) is 72.2 Å². The monoisotopic (exact) mass is 594 g/mol. The molecule has 2 aromatic carbocycles. The Labute approximate surface area is 243 Å². The number of nitrogens with one attached hydrogen (secondary N) is 2. The molecule has 1 unspecified atom stereocenters. The highest BCUT2D eigenvalue weighted by molar-refractivity contribution is 6.39. The Balaban J connectivity index is 1.53. The van der Waals surface area contributed by atoms with Gasteiger partial charge in [0, 0.05) is 16.8 Å². The number of rotatable bonds is 8. The average Bonchev–Trinajstić information content (AvgIpc) is 3.08. The highest BCUT2D eigenvalue weighted by atomic mass is 35.5. The predicted molar refractivity (Wildman–Crippen MR) is 150 cm³/mol. The number of hydrogen-bond acceptors (Lipinski definition) is 8. The van der Waals surface area contributed by atoms with E-state index in [1.165, 1.54) is 18.6 Å². The summed E-state index contributed by atoms with van der Waals surface area (Å²) in [5.74, 6) is -2.09. The lowest BCUT2D eigenvalue weighted by atomic mass is 9.99. The number of carbonyl (C=O) groups excluding carboxylic acids is 2. The zero-order chi connectivity index (χ0) is 28.9. The molecule has 13 heteroatoms. The van der Waals surface area contributed by atoms with E-state index in [4.69, 9.17) is 32.7 Å². The number of aromatic nitrogens is 3. The minimum absolute atomic E-state index is 0.0573. The standard InChI is InChI=1S/C28H21Cl2FN6O4/c1-2-40-22-10-15(29)9-20(30)23(22)24-18-5-3-4-6-21(18)35-27(39)25(36-24)37-26(38)19-11-16(31)12-33-28(19)41-13-17-7-8-32-14-34-17/h3-12,14,25H,2,13H2,1H3,(H,35,39)(H,37,38). The van der Waals surface area contributed by atoms with Crippen LogP contribution in [-0.2, 0) is 11.4 Å². The lowest BCUT2D eigenvalue weighted by molar-refractivity contribution is -0.117. The summed E-state index contributed by atoms with van der Waals surface area (Å²) in [5, 5.41) is 5.89. The molecule has 0 fully saturated rings. The summed E-state index contributed by atoms with van der Waals surface area (Å²) >= 11 is 12.8. The van der Waals surface area contributed by atoms with E-state index in [1.807, 2.05) is 0 Å². The highest BCUT2D eigenvalue weighted by Crippen LogP contribution is 2.36. The van der Waals surface area contributed by atoms with Gasteiger partial charge in [0.25, 0.3) is 11.8 Å². The van der Waals surface area contributed by atoms with E-state index in [0.717, 1.165) is 12.3 Å². The van der Waals surface area contributed by atoms with Crippen molar-refractivity contribution in [3.05, 3.63) is 105 Å². The molecule has 0 spiro atoms. The summed E-state index contributed by atoms with van der Waals surface area (Å²) in [6.07, 6.45) is 2.32. The van der Waals surface area contributed by atoms with Crippen molar-refractivity contribution in [1.29, 1.82) is 0 Å². The largest absolute Gasteiger partial charge is 0.493 e. The number of amides is 2. The van der Waals surface area contributed by atoms with Crippen LogP contribution >= 0.6 is 23.2 Å². The van der Waals surface area contributed by atoms with Gasteiger partial charge in [-0.05, 0) is 37.3 Å². The van der Waals surface area contributed by atoms with Crippen molar-refractivity contribution in [3.8, 4) is 11.6 Å². The number of carbonyl (C=O) groups is 2. The van der Waals surface area contributed by atoms with Crippen LogP contribution in [-0.4, -0.2) is 45.3 Å². The van der Waals surface area contributed by atoms with Crippen molar-refractivity contribution in [1.82, 2.24) is 20.3 Å². The molecule has 208 valence electrons. The second-order valence-corrected chi connectivity index (χ2v) is 9.42. The molecule has 2 N–H and O–H groups in total. The number of fused-ring (bicyclic) bond motifs is 1. The molecule has 0 radical (unpaired) electrons. The number of benzene rings is 2. The van der Waals surface area contributed by atoms with Crippen LogP contribution in [0.5, 0.6) is 11.6 Å². The van der Waals surface area contributed by atoms with Crippen molar-refractivity contribution in [2.75, 3.05) is 11.9 Å². The van der Waals surface area contributed by atoms with E-state index in [0.29, 0.717) is 39.9 Å². The number of hydrogen-bond donors (Lipinski definition) is 2. The number of para-hydroxylation sites is 1. The van der Waals surface area contributed by atoms with Gasteiger partial charge in [-0.1, -0.05) is 41.4 Å². The van der Waals surface area contributed by atoms with Crippen LogP contribution in [0.25, 0.3) is 0 Å². The van der Waals surface area contributed by atoms with Gasteiger partial charge in [-0.3, -0.25) is 9.59 Å². The van der Waals surface area contributed by atoms with Crippen molar-refractivity contribution in [2.45, 2.75) is 19.7 Å². The first kappa shape index (κ1) is 27.9. The molecule has 2 amide bonds. The third-order valence-corrected chi connectivity index (χ3v) is 6.35. The third-order valence-electron chi connectivity index (χ3n) is 5.83. The van der Waals surface area contributed by atoms with Crippen molar-refractivity contribution >= 4 is 46.4 Å². The second-order valence-electron chi connectivity index (χ2n) is 8.58. The van der Waals surface area contributed by atoms with Crippen LogP contribution in [0.3, 0.4) is 0 Å². The number of nitrogens with zero attached hydrogens (tertiary/aromatic N) is 4. The fourth-order valence-electron chi connectivity index (χ4n) is 4.06. The molecular formula is C28H21Cl2FN6O4. The molecule has 0 aliphatic carbocycles.